The average molecular weight is 344 g/mol. The highest BCUT2D eigenvalue weighted by molar-refractivity contribution is 7.07. The summed E-state index contributed by atoms with van der Waals surface area (Å²) in [5.74, 6) is -0.0691. The summed E-state index contributed by atoms with van der Waals surface area (Å²) in [7, 11) is 0. The zero-order chi connectivity index (χ0) is 16.8. The molecule has 0 bridgehead atoms. The average Bonchev–Trinajstić information content (AvgIpc) is 3.29. The number of hydrogen-bond donors (Lipinski definition) is 1. The Balaban J connectivity index is 1.45. The third-order valence-corrected chi connectivity index (χ3v) is 4.80. The molecular weight excluding hydrogens is 324 g/mol. The SMILES string of the molecule is O=C(NCC(=O)N1CCC[C@@H]1c1ccsc1)OCc1ccccc1. The van der Waals surface area contributed by atoms with Gasteiger partial charge < -0.3 is 15.0 Å². The number of ether oxygens (including phenoxy) is 1. The highest BCUT2D eigenvalue weighted by Gasteiger charge is 2.30. The lowest BCUT2D eigenvalue weighted by atomic mass is 10.1. The minimum absolute atomic E-state index is 0.0335. The van der Waals surface area contributed by atoms with E-state index in [-0.39, 0.29) is 25.1 Å². The van der Waals surface area contributed by atoms with Crippen molar-refractivity contribution in [3.63, 3.8) is 0 Å². The van der Waals surface area contributed by atoms with E-state index in [0.717, 1.165) is 24.9 Å². The number of rotatable bonds is 5. The molecule has 1 N–H and O–H groups in total. The van der Waals surface area contributed by atoms with Crippen LogP contribution in [0.5, 0.6) is 0 Å². The third-order valence-electron chi connectivity index (χ3n) is 4.10. The zero-order valence-corrected chi connectivity index (χ0v) is 14.1. The number of hydrogen-bond acceptors (Lipinski definition) is 4. The summed E-state index contributed by atoms with van der Waals surface area (Å²) in [5.41, 5.74) is 2.09. The summed E-state index contributed by atoms with van der Waals surface area (Å²) >= 11 is 1.64. The molecule has 126 valence electrons. The Labute approximate surface area is 145 Å². The Bertz CT molecular complexity index is 673. The monoisotopic (exact) mass is 344 g/mol. The fourth-order valence-electron chi connectivity index (χ4n) is 2.90. The number of nitrogens with zero attached hydrogens (tertiary/aromatic N) is 1. The second-order valence-electron chi connectivity index (χ2n) is 5.72. The maximum absolute atomic E-state index is 12.4. The molecule has 1 atom stereocenters. The van der Waals surface area contributed by atoms with Gasteiger partial charge in [0.2, 0.25) is 5.91 Å². The van der Waals surface area contributed by atoms with Crippen molar-refractivity contribution in [2.24, 2.45) is 0 Å². The van der Waals surface area contributed by atoms with E-state index in [1.165, 1.54) is 5.56 Å². The molecule has 1 aliphatic heterocycles. The predicted octanol–water partition coefficient (Wildman–Crippen LogP) is 3.34. The number of carbonyl (C=O) groups is 2. The molecule has 2 amide bonds. The number of likely N-dealkylation sites (tertiary alicyclic amines) is 1. The molecule has 5 nitrogen and oxygen atoms in total. The molecule has 1 aromatic carbocycles. The van der Waals surface area contributed by atoms with E-state index >= 15 is 0 Å². The van der Waals surface area contributed by atoms with E-state index in [1.54, 1.807) is 11.3 Å². The smallest absolute Gasteiger partial charge is 0.407 e. The first-order valence-electron chi connectivity index (χ1n) is 8.00. The van der Waals surface area contributed by atoms with Gasteiger partial charge in [0.1, 0.15) is 13.2 Å². The number of nitrogens with one attached hydrogen (secondary N) is 1. The van der Waals surface area contributed by atoms with Crippen LogP contribution in [0, 0.1) is 0 Å². The van der Waals surface area contributed by atoms with Gasteiger partial charge in [0.05, 0.1) is 6.04 Å². The molecule has 1 fully saturated rings. The van der Waals surface area contributed by atoms with Crippen LogP contribution in [-0.4, -0.2) is 30.0 Å². The van der Waals surface area contributed by atoms with Gasteiger partial charge in [-0.15, -0.1) is 0 Å². The minimum Gasteiger partial charge on any atom is -0.445 e. The van der Waals surface area contributed by atoms with E-state index in [4.69, 9.17) is 4.74 Å². The second-order valence-corrected chi connectivity index (χ2v) is 6.50. The fourth-order valence-corrected chi connectivity index (χ4v) is 3.61. The van der Waals surface area contributed by atoms with Gasteiger partial charge in [-0.1, -0.05) is 30.3 Å². The van der Waals surface area contributed by atoms with E-state index in [0.29, 0.717) is 0 Å². The molecule has 0 saturated carbocycles. The van der Waals surface area contributed by atoms with Crippen LogP contribution >= 0.6 is 11.3 Å². The second kappa shape index (κ2) is 7.97. The van der Waals surface area contributed by atoms with Crippen LogP contribution in [0.4, 0.5) is 4.79 Å². The molecule has 1 saturated heterocycles. The standard InChI is InChI=1S/C18H20N2O3S/c21-17(20-9-4-7-16(20)15-8-10-24-13-15)11-19-18(22)23-12-14-5-2-1-3-6-14/h1-3,5-6,8,10,13,16H,4,7,9,11-12H2,(H,19,22)/t16-/m1/s1. The number of amides is 2. The Morgan fingerprint density at radius 3 is 2.83 bits per heavy atom. The van der Waals surface area contributed by atoms with E-state index < -0.39 is 6.09 Å². The van der Waals surface area contributed by atoms with E-state index in [2.05, 4.69) is 16.8 Å². The Kier molecular flexibility index (Phi) is 5.48. The Morgan fingerprint density at radius 1 is 1.25 bits per heavy atom. The topological polar surface area (TPSA) is 58.6 Å². The van der Waals surface area contributed by atoms with Crippen molar-refractivity contribution in [2.75, 3.05) is 13.1 Å². The molecule has 2 aromatic rings. The van der Waals surface area contributed by atoms with E-state index in [9.17, 15) is 9.59 Å². The molecule has 0 unspecified atom stereocenters. The van der Waals surface area contributed by atoms with Gasteiger partial charge in [-0.05, 0) is 40.8 Å². The van der Waals surface area contributed by atoms with Crippen LogP contribution in [0.25, 0.3) is 0 Å². The molecule has 0 radical (unpaired) electrons. The number of thiophene rings is 1. The maximum atomic E-state index is 12.4. The molecular formula is C18H20N2O3S. The van der Waals surface area contributed by atoms with Gasteiger partial charge in [0, 0.05) is 6.54 Å². The lowest BCUT2D eigenvalue weighted by molar-refractivity contribution is -0.131. The summed E-state index contributed by atoms with van der Waals surface area (Å²) in [6, 6.07) is 11.6. The molecule has 6 heteroatoms. The largest absolute Gasteiger partial charge is 0.445 e. The van der Waals surface area contributed by atoms with Crippen molar-refractivity contribution in [2.45, 2.75) is 25.5 Å². The van der Waals surface area contributed by atoms with Gasteiger partial charge in [-0.3, -0.25) is 4.79 Å². The quantitative estimate of drug-likeness (QED) is 0.905. The first-order chi connectivity index (χ1) is 11.7. The molecule has 3 rings (SSSR count). The number of benzene rings is 1. The van der Waals surface area contributed by atoms with Gasteiger partial charge in [0.25, 0.3) is 0 Å². The van der Waals surface area contributed by atoms with Crippen molar-refractivity contribution < 1.29 is 14.3 Å². The molecule has 24 heavy (non-hydrogen) atoms. The van der Waals surface area contributed by atoms with Crippen LogP contribution in [0.1, 0.15) is 30.0 Å². The first kappa shape index (κ1) is 16.5. The highest BCUT2D eigenvalue weighted by atomic mass is 32.1. The summed E-state index contributed by atoms with van der Waals surface area (Å²) in [6.07, 6.45) is 1.39. The fraction of sp³-hybridized carbons (Fsp3) is 0.333. The van der Waals surface area contributed by atoms with Crippen LogP contribution in [0.3, 0.4) is 0 Å². The van der Waals surface area contributed by atoms with Crippen LogP contribution in [0.2, 0.25) is 0 Å². The van der Waals surface area contributed by atoms with Crippen LogP contribution < -0.4 is 5.32 Å². The summed E-state index contributed by atoms with van der Waals surface area (Å²) < 4.78 is 5.12. The Hall–Kier alpha value is -2.34. The third kappa shape index (κ3) is 4.14. The first-order valence-corrected chi connectivity index (χ1v) is 8.94. The summed E-state index contributed by atoms with van der Waals surface area (Å²) in [6.45, 7) is 0.899. The van der Waals surface area contributed by atoms with Crippen molar-refractivity contribution in [1.29, 1.82) is 0 Å². The van der Waals surface area contributed by atoms with Crippen molar-refractivity contribution >= 4 is 23.3 Å². The summed E-state index contributed by atoms with van der Waals surface area (Å²) in [5, 5.41) is 6.65. The van der Waals surface area contributed by atoms with E-state index in [1.807, 2.05) is 40.6 Å². The molecule has 1 aliphatic rings. The minimum atomic E-state index is -0.571. The van der Waals surface area contributed by atoms with Crippen LogP contribution in [-0.2, 0) is 16.1 Å². The maximum Gasteiger partial charge on any atom is 0.407 e. The van der Waals surface area contributed by atoms with Crippen LogP contribution in [0.15, 0.2) is 47.2 Å². The lowest BCUT2D eigenvalue weighted by Crippen LogP contribution is -2.39. The predicted molar refractivity (Wildman–Crippen MR) is 92.6 cm³/mol. The molecule has 1 aromatic heterocycles. The van der Waals surface area contributed by atoms with Gasteiger partial charge >= 0.3 is 6.09 Å². The normalized spacial score (nSPS) is 16.8. The molecule has 2 heterocycles. The van der Waals surface area contributed by atoms with Crippen molar-refractivity contribution in [1.82, 2.24) is 10.2 Å². The van der Waals surface area contributed by atoms with Gasteiger partial charge in [0.15, 0.2) is 0 Å². The Morgan fingerprint density at radius 2 is 2.08 bits per heavy atom. The zero-order valence-electron chi connectivity index (χ0n) is 13.3. The lowest BCUT2D eigenvalue weighted by Gasteiger charge is -2.24. The van der Waals surface area contributed by atoms with Gasteiger partial charge in [-0.2, -0.15) is 11.3 Å². The highest BCUT2D eigenvalue weighted by Crippen LogP contribution is 2.32. The van der Waals surface area contributed by atoms with Gasteiger partial charge in [-0.25, -0.2) is 4.79 Å². The molecule has 0 aliphatic carbocycles. The molecule has 0 spiro atoms. The van der Waals surface area contributed by atoms with Crippen molar-refractivity contribution in [3.05, 3.63) is 58.3 Å². The summed E-state index contributed by atoms with van der Waals surface area (Å²) in [4.78, 5) is 26.0. The number of carbonyl (C=O) groups excluding carboxylic acids is 2. The van der Waals surface area contributed by atoms with Crippen molar-refractivity contribution in [3.8, 4) is 0 Å². The number of alkyl carbamates (subject to hydrolysis) is 1.